The van der Waals surface area contributed by atoms with Crippen molar-refractivity contribution in [1.29, 1.82) is 0 Å². The second-order valence-electron chi connectivity index (χ2n) is 11.4. The highest BCUT2D eigenvalue weighted by molar-refractivity contribution is 8.28. The van der Waals surface area contributed by atoms with Gasteiger partial charge in [0, 0.05) is 0 Å². The van der Waals surface area contributed by atoms with E-state index >= 15 is 0 Å². The first-order valence-electron chi connectivity index (χ1n) is 15.7. The Hall–Kier alpha value is -0.250. The van der Waals surface area contributed by atoms with Gasteiger partial charge in [-0.15, -0.1) is 10.3 Å². The van der Waals surface area contributed by atoms with Crippen molar-refractivity contribution in [3.05, 3.63) is 24.3 Å². The van der Waals surface area contributed by atoms with E-state index in [1.54, 1.807) is 0 Å². The van der Waals surface area contributed by atoms with Gasteiger partial charge in [-0.05, 0) is 76.1 Å². The second kappa shape index (κ2) is 26.4. The molecule has 216 valence electrons. The van der Waals surface area contributed by atoms with E-state index in [9.17, 15) is 0 Å². The van der Waals surface area contributed by atoms with E-state index in [4.69, 9.17) is 8.92 Å². The Morgan fingerprint density at radius 3 is 1.67 bits per heavy atom. The maximum atomic E-state index is 6.37. The summed E-state index contributed by atoms with van der Waals surface area (Å²) in [4.78, 5) is 0. The zero-order valence-electron chi connectivity index (χ0n) is 25.5. The Morgan fingerprint density at radius 2 is 1.08 bits per heavy atom. The van der Waals surface area contributed by atoms with E-state index in [2.05, 4.69) is 63.8 Å². The summed E-state index contributed by atoms with van der Waals surface area (Å²) < 4.78 is 12.7. The lowest BCUT2D eigenvalue weighted by Gasteiger charge is -2.32. The number of hydrogen-bond acceptors (Lipinski definition) is 2. The van der Waals surface area contributed by atoms with Crippen molar-refractivity contribution in [2.75, 3.05) is 25.4 Å². The molecule has 0 saturated heterocycles. The third-order valence-corrected chi connectivity index (χ3v) is 7.64. The molecule has 0 aromatic rings. The topological polar surface area (TPSA) is 18.5 Å². The fourth-order valence-corrected chi connectivity index (χ4v) is 5.26. The molecule has 0 aromatic carbocycles. The highest BCUT2D eigenvalue weighted by atomic mass is 32.3. The summed E-state index contributed by atoms with van der Waals surface area (Å²) in [6.07, 6.45) is 41.9. The fourth-order valence-electron chi connectivity index (χ4n) is 4.47. The third-order valence-electron chi connectivity index (χ3n) is 6.85. The van der Waals surface area contributed by atoms with E-state index in [0.29, 0.717) is 5.92 Å². The summed E-state index contributed by atoms with van der Waals surface area (Å²) in [5.41, 5.74) is 0. The molecule has 0 N–H and O–H groups in total. The number of ether oxygens (including phenoxy) is 1. The van der Waals surface area contributed by atoms with Gasteiger partial charge in [0.25, 0.3) is 0 Å². The van der Waals surface area contributed by atoms with Gasteiger partial charge >= 0.3 is 0 Å². The van der Waals surface area contributed by atoms with Gasteiger partial charge in [-0.1, -0.05) is 122 Å². The van der Waals surface area contributed by atoms with Crippen LogP contribution in [0.25, 0.3) is 0 Å². The lowest BCUT2D eigenvalue weighted by Crippen LogP contribution is -2.22. The molecule has 0 rings (SSSR count). The average molecular weight is 527 g/mol. The summed E-state index contributed by atoms with van der Waals surface area (Å²) in [6.45, 7) is 7.74. The van der Waals surface area contributed by atoms with Crippen LogP contribution in [0.3, 0.4) is 0 Å². The van der Waals surface area contributed by atoms with Crippen LogP contribution in [0.5, 0.6) is 0 Å². The summed E-state index contributed by atoms with van der Waals surface area (Å²) in [5.74, 6) is 0.682. The van der Waals surface area contributed by atoms with Gasteiger partial charge in [-0.25, -0.2) is 0 Å². The van der Waals surface area contributed by atoms with E-state index < -0.39 is 10.3 Å². The molecule has 0 bridgehead atoms. The molecule has 0 fully saturated rings. The average Bonchev–Trinajstić information content (AvgIpc) is 2.84. The maximum absolute atomic E-state index is 6.37. The minimum absolute atomic E-state index is 0.0171. The molecular weight excluding hydrogens is 460 g/mol. The van der Waals surface area contributed by atoms with Crippen LogP contribution in [0, 0.1) is 5.92 Å². The van der Waals surface area contributed by atoms with Crippen LogP contribution in [0.15, 0.2) is 24.3 Å². The van der Waals surface area contributed by atoms with Gasteiger partial charge in [0.05, 0.1) is 6.61 Å². The van der Waals surface area contributed by atoms with Crippen molar-refractivity contribution >= 4 is 10.3 Å². The number of allylic oxidation sites excluding steroid dienone is 4. The van der Waals surface area contributed by atoms with Crippen LogP contribution >= 0.6 is 10.3 Å². The normalized spacial score (nSPS) is 14.7. The van der Waals surface area contributed by atoms with Gasteiger partial charge in [0.15, 0.2) is 6.29 Å². The zero-order valence-corrected chi connectivity index (χ0v) is 26.4. The van der Waals surface area contributed by atoms with Crippen molar-refractivity contribution < 1.29 is 8.92 Å². The summed E-state index contributed by atoms with van der Waals surface area (Å²) >= 11 is 0. The minimum atomic E-state index is -1.02. The lowest BCUT2D eigenvalue weighted by atomic mass is 9.98. The Labute approximate surface area is 230 Å². The molecule has 0 spiro atoms. The van der Waals surface area contributed by atoms with Crippen molar-refractivity contribution in [1.82, 2.24) is 0 Å². The molecule has 0 aliphatic rings. The van der Waals surface area contributed by atoms with Crippen LogP contribution in [-0.4, -0.2) is 31.7 Å². The zero-order chi connectivity index (χ0) is 26.7. The van der Waals surface area contributed by atoms with Gasteiger partial charge < -0.3 is 8.92 Å². The molecule has 3 heteroatoms. The monoisotopic (exact) mass is 526 g/mol. The Bertz CT molecular complexity index is 494. The first kappa shape index (κ1) is 35.8. The lowest BCUT2D eigenvalue weighted by molar-refractivity contribution is -0.0905. The molecule has 36 heavy (non-hydrogen) atoms. The van der Waals surface area contributed by atoms with Gasteiger partial charge in [-0.3, -0.25) is 0 Å². The van der Waals surface area contributed by atoms with E-state index in [0.717, 1.165) is 19.4 Å². The minimum Gasteiger partial charge on any atom is -0.351 e. The smallest absolute Gasteiger partial charge is 0.168 e. The first-order valence-corrected chi connectivity index (χ1v) is 18.5. The molecule has 2 atom stereocenters. The Kier molecular flexibility index (Phi) is 26.2. The molecule has 0 aromatic heterocycles. The molecule has 2 unspecified atom stereocenters. The van der Waals surface area contributed by atoms with Crippen LogP contribution in [-0.2, 0) is 8.92 Å². The molecule has 0 heterocycles. The predicted molar refractivity (Wildman–Crippen MR) is 167 cm³/mol. The van der Waals surface area contributed by atoms with E-state index in [1.165, 1.54) is 116 Å². The predicted octanol–water partition coefficient (Wildman–Crippen LogP) is 11.5. The highest BCUT2D eigenvalue weighted by Gasteiger charge is 2.18. The van der Waals surface area contributed by atoms with Crippen LogP contribution in [0.1, 0.15) is 149 Å². The van der Waals surface area contributed by atoms with Gasteiger partial charge in [0.1, 0.15) is 0 Å². The fraction of sp³-hybridized carbons (Fsp3) is 0.879. The molecule has 2 nitrogen and oxygen atoms in total. The molecule has 0 saturated carbocycles. The second-order valence-corrected chi connectivity index (χ2v) is 15.1. The Balaban J connectivity index is 3.98. The molecule has 0 radical (unpaired) electrons. The van der Waals surface area contributed by atoms with Crippen LogP contribution in [0.4, 0.5) is 0 Å². The molecule has 0 aliphatic carbocycles. The van der Waals surface area contributed by atoms with E-state index in [-0.39, 0.29) is 6.29 Å². The van der Waals surface area contributed by atoms with Gasteiger partial charge in [0.2, 0.25) is 0 Å². The van der Waals surface area contributed by atoms with Crippen LogP contribution < -0.4 is 0 Å². The number of rotatable bonds is 27. The van der Waals surface area contributed by atoms with Gasteiger partial charge in [-0.2, -0.15) is 0 Å². The number of hydrogen-bond donors (Lipinski definition) is 0. The summed E-state index contributed by atoms with van der Waals surface area (Å²) in [6, 6.07) is 0. The van der Waals surface area contributed by atoms with Crippen molar-refractivity contribution in [2.45, 2.75) is 155 Å². The molecular formula is C33H66O2S. The van der Waals surface area contributed by atoms with E-state index in [1.807, 2.05) is 0 Å². The van der Waals surface area contributed by atoms with Crippen molar-refractivity contribution in [3.63, 3.8) is 0 Å². The van der Waals surface area contributed by atoms with Crippen molar-refractivity contribution in [2.24, 2.45) is 5.92 Å². The quantitative estimate of drug-likeness (QED) is 0.0602. The first-order chi connectivity index (χ1) is 17.4. The third kappa shape index (κ3) is 26.8. The summed E-state index contributed by atoms with van der Waals surface area (Å²) in [5, 5.41) is 0. The van der Waals surface area contributed by atoms with Crippen LogP contribution in [0.2, 0.25) is 0 Å². The Morgan fingerprint density at radius 1 is 0.583 bits per heavy atom. The molecule has 0 amide bonds. The standard InChI is InChI=1S/C33H66O2S/c1-7-10-12-14-16-17-18-19-20-21-22-23-24-26-28-30-33(35-36(4,5)6)34-31-32(9-3)29-27-25-15-13-11-8-2/h16-17,19-20,32-33H,7-15,18,21-31H2,1-6H3/b17-16-,20-19-. The highest BCUT2D eigenvalue weighted by Crippen LogP contribution is 2.39. The maximum Gasteiger partial charge on any atom is 0.168 e. The number of unbranched alkanes of at least 4 members (excludes halogenated alkanes) is 13. The summed E-state index contributed by atoms with van der Waals surface area (Å²) in [7, 11) is -1.02. The molecule has 0 aliphatic heterocycles. The SMILES string of the molecule is CCCCC/C=C\C/C=C\CCCCCCCC(OCC(CC)CCCCCCCC)OS(C)(C)C. The largest absolute Gasteiger partial charge is 0.351 e. The van der Waals surface area contributed by atoms with Crippen molar-refractivity contribution in [3.8, 4) is 0 Å².